The molecule has 0 spiro atoms. The lowest BCUT2D eigenvalue weighted by Gasteiger charge is -2.17. The lowest BCUT2D eigenvalue weighted by Crippen LogP contribution is -2.30. The predicted octanol–water partition coefficient (Wildman–Crippen LogP) is 2.75. The number of rotatable bonds is 10. The number of nitrogens with one attached hydrogen (secondary N) is 1. The molecule has 0 bridgehead atoms. The van der Waals surface area contributed by atoms with Gasteiger partial charge in [0.1, 0.15) is 6.10 Å². The van der Waals surface area contributed by atoms with Gasteiger partial charge in [0.05, 0.1) is 12.1 Å². The van der Waals surface area contributed by atoms with Crippen LogP contribution in [0.2, 0.25) is 0 Å². The number of benzene rings is 1. The summed E-state index contributed by atoms with van der Waals surface area (Å²) in [6.45, 7) is 2.19. The second kappa shape index (κ2) is 10.2. The largest absolute Gasteiger partial charge is 0.396 e. The molecule has 182 valence electrons. The van der Waals surface area contributed by atoms with Crippen molar-refractivity contribution in [2.45, 2.75) is 74.4 Å². The summed E-state index contributed by atoms with van der Waals surface area (Å²) < 4.78 is 1.66. The molecule has 4 N–H and O–H groups in total. The van der Waals surface area contributed by atoms with Gasteiger partial charge < -0.3 is 20.6 Å². The number of aliphatic hydroxyl groups is 3. The van der Waals surface area contributed by atoms with Crippen LogP contribution in [0.15, 0.2) is 35.5 Å². The average molecular weight is 485 g/mol. The minimum Gasteiger partial charge on any atom is -0.396 e. The molecule has 0 saturated heterocycles. The number of fused-ring (bicyclic) bond motifs is 1. The van der Waals surface area contributed by atoms with Gasteiger partial charge in [-0.25, -0.2) is 14.6 Å². The molecule has 10 heteroatoms. The van der Waals surface area contributed by atoms with E-state index in [1.54, 1.807) is 16.4 Å². The molecule has 6 atom stereocenters. The zero-order chi connectivity index (χ0) is 23.7. The van der Waals surface area contributed by atoms with E-state index in [2.05, 4.69) is 46.8 Å². The van der Waals surface area contributed by atoms with Gasteiger partial charge in [0.15, 0.2) is 22.1 Å². The quantitative estimate of drug-likeness (QED) is 0.253. The fraction of sp³-hybridized carbons (Fsp3) is 0.583. The molecule has 0 aliphatic heterocycles. The highest BCUT2D eigenvalue weighted by Crippen LogP contribution is 2.44. The highest BCUT2D eigenvalue weighted by atomic mass is 32.2. The highest BCUT2D eigenvalue weighted by molar-refractivity contribution is 7.99. The Kier molecular flexibility index (Phi) is 7.01. The molecular weight excluding hydrogens is 452 g/mol. The third-order valence-corrected chi connectivity index (χ3v) is 7.95. The minimum absolute atomic E-state index is 0.0711. The van der Waals surface area contributed by atoms with Gasteiger partial charge in [-0.15, -0.1) is 5.10 Å². The third-order valence-electron chi connectivity index (χ3n) is 6.90. The zero-order valence-electron chi connectivity index (χ0n) is 19.3. The van der Waals surface area contributed by atoms with E-state index in [4.69, 9.17) is 9.97 Å². The van der Waals surface area contributed by atoms with Crippen molar-refractivity contribution in [1.82, 2.24) is 25.0 Å². The average Bonchev–Trinajstić information content (AvgIpc) is 3.41. The van der Waals surface area contributed by atoms with Crippen LogP contribution in [0.4, 0.5) is 5.82 Å². The van der Waals surface area contributed by atoms with Gasteiger partial charge in [-0.2, -0.15) is 0 Å². The summed E-state index contributed by atoms with van der Waals surface area (Å²) in [7, 11) is 0. The van der Waals surface area contributed by atoms with E-state index in [1.165, 1.54) is 5.56 Å². The Morgan fingerprint density at radius 3 is 2.71 bits per heavy atom. The van der Waals surface area contributed by atoms with Crippen molar-refractivity contribution >= 4 is 28.7 Å². The summed E-state index contributed by atoms with van der Waals surface area (Å²) in [5.74, 6) is 1.91. The second-order valence-electron chi connectivity index (χ2n) is 9.32. The van der Waals surface area contributed by atoms with Crippen molar-refractivity contribution in [3.05, 3.63) is 35.9 Å². The van der Waals surface area contributed by atoms with E-state index < -0.39 is 18.2 Å². The number of thioether (sulfide) groups is 1. The molecular formula is C24H32N6O3S. The van der Waals surface area contributed by atoms with E-state index in [-0.39, 0.29) is 18.6 Å². The number of hydrogen-bond donors (Lipinski definition) is 4. The van der Waals surface area contributed by atoms with E-state index in [9.17, 15) is 15.3 Å². The SMILES string of the molecule is CCCSc1nc(NC2CC2c2ccccc2)c2nnn(C3CC(CCCO)C(O)C3O)c2n1. The topological polar surface area (TPSA) is 129 Å². The normalized spacial score (nSPS) is 28.5. The fourth-order valence-corrected chi connectivity index (χ4v) is 5.67. The Hall–Kier alpha value is -2.27. The van der Waals surface area contributed by atoms with Gasteiger partial charge in [0.25, 0.3) is 0 Å². The summed E-state index contributed by atoms with van der Waals surface area (Å²) in [4.78, 5) is 9.51. The van der Waals surface area contributed by atoms with Crippen LogP contribution in [0.1, 0.15) is 56.6 Å². The molecule has 2 aliphatic rings. The van der Waals surface area contributed by atoms with Crippen LogP contribution in [-0.2, 0) is 0 Å². The zero-order valence-corrected chi connectivity index (χ0v) is 20.1. The van der Waals surface area contributed by atoms with Crippen LogP contribution in [0.5, 0.6) is 0 Å². The van der Waals surface area contributed by atoms with Crippen molar-refractivity contribution in [3.63, 3.8) is 0 Å². The Bertz CT molecular complexity index is 1110. The first-order chi connectivity index (χ1) is 16.6. The maximum absolute atomic E-state index is 10.8. The van der Waals surface area contributed by atoms with Crippen molar-refractivity contribution in [1.29, 1.82) is 0 Å². The van der Waals surface area contributed by atoms with E-state index in [1.807, 2.05) is 6.07 Å². The summed E-state index contributed by atoms with van der Waals surface area (Å²) in [5, 5.41) is 43.5. The van der Waals surface area contributed by atoms with E-state index >= 15 is 0 Å². The number of anilines is 1. The molecule has 2 aliphatic carbocycles. The first-order valence-electron chi connectivity index (χ1n) is 12.1. The summed E-state index contributed by atoms with van der Waals surface area (Å²) in [6.07, 6.45) is 2.02. The molecule has 1 aromatic carbocycles. The Morgan fingerprint density at radius 1 is 1.12 bits per heavy atom. The highest BCUT2D eigenvalue weighted by Gasteiger charge is 2.44. The second-order valence-corrected chi connectivity index (χ2v) is 10.4. The first-order valence-corrected chi connectivity index (χ1v) is 13.1. The minimum atomic E-state index is -0.961. The summed E-state index contributed by atoms with van der Waals surface area (Å²) >= 11 is 1.59. The van der Waals surface area contributed by atoms with Gasteiger partial charge in [-0.3, -0.25) is 0 Å². The summed E-state index contributed by atoms with van der Waals surface area (Å²) in [6, 6.07) is 10.3. The smallest absolute Gasteiger partial charge is 0.191 e. The first kappa shape index (κ1) is 23.5. The molecule has 2 heterocycles. The van der Waals surface area contributed by atoms with E-state index in [0.29, 0.717) is 47.3 Å². The molecule has 5 rings (SSSR count). The van der Waals surface area contributed by atoms with Crippen LogP contribution >= 0.6 is 11.8 Å². The number of nitrogens with zero attached hydrogens (tertiary/aromatic N) is 5. The van der Waals surface area contributed by atoms with E-state index in [0.717, 1.165) is 18.6 Å². The molecule has 6 unspecified atom stereocenters. The molecule has 3 aromatic rings. The molecule has 34 heavy (non-hydrogen) atoms. The number of hydrogen-bond acceptors (Lipinski definition) is 9. The fourth-order valence-electron chi connectivity index (χ4n) is 4.97. The van der Waals surface area contributed by atoms with Crippen molar-refractivity contribution < 1.29 is 15.3 Å². The number of aromatic nitrogens is 5. The third kappa shape index (κ3) is 4.64. The van der Waals surface area contributed by atoms with Gasteiger partial charge in [-0.05, 0) is 43.6 Å². The van der Waals surface area contributed by atoms with Gasteiger partial charge in [0.2, 0.25) is 0 Å². The lowest BCUT2D eigenvalue weighted by molar-refractivity contribution is 0.00263. The van der Waals surface area contributed by atoms with Crippen molar-refractivity contribution in [2.75, 3.05) is 17.7 Å². The summed E-state index contributed by atoms with van der Waals surface area (Å²) in [5.41, 5.74) is 2.47. The monoisotopic (exact) mass is 484 g/mol. The van der Waals surface area contributed by atoms with Crippen LogP contribution in [0.3, 0.4) is 0 Å². The Morgan fingerprint density at radius 2 is 1.94 bits per heavy atom. The number of aliphatic hydroxyl groups excluding tert-OH is 3. The van der Waals surface area contributed by atoms with Gasteiger partial charge in [-0.1, -0.05) is 54.2 Å². The molecule has 9 nitrogen and oxygen atoms in total. The van der Waals surface area contributed by atoms with Crippen LogP contribution in [0.25, 0.3) is 11.2 Å². The molecule has 0 radical (unpaired) electrons. The maximum Gasteiger partial charge on any atom is 0.191 e. The molecule has 2 saturated carbocycles. The van der Waals surface area contributed by atoms with Crippen LogP contribution in [0, 0.1) is 5.92 Å². The van der Waals surface area contributed by atoms with Crippen molar-refractivity contribution in [2.24, 2.45) is 5.92 Å². The standard InChI is InChI=1S/C24H32N6O3S/c1-2-11-34-24-26-22(25-17-13-16(17)14-7-4-3-5-8-14)19-23(27-24)30(29-28-19)18-12-15(9-6-10-31)20(32)21(18)33/h3-5,7-8,15-18,20-21,31-33H,2,6,9-13H2,1H3,(H,25,26,27). The lowest BCUT2D eigenvalue weighted by atomic mass is 9.99. The molecule has 2 fully saturated rings. The van der Waals surface area contributed by atoms with Gasteiger partial charge >= 0.3 is 0 Å². The van der Waals surface area contributed by atoms with Crippen LogP contribution in [-0.4, -0.2) is 70.9 Å². The molecule has 2 aromatic heterocycles. The maximum atomic E-state index is 10.8. The molecule has 0 amide bonds. The predicted molar refractivity (Wildman–Crippen MR) is 131 cm³/mol. The van der Waals surface area contributed by atoms with Crippen molar-refractivity contribution in [3.8, 4) is 0 Å². The Labute approximate surface area is 203 Å². The Balaban J connectivity index is 1.43. The van der Waals surface area contributed by atoms with Crippen LogP contribution < -0.4 is 5.32 Å². The van der Waals surface area contributed by atoms with Gasteiger partial charge in [0, 0.05) is 24.3 Å².